The van der Waals surface area contributed by atoms with Gasteiger partial charge < -0.3 is 45.1 Å². The zero-order chi connectivity index (χ0) is 59.6. The first-order valence-corrected chi connectivity index (χ1v) is 33.9. The lowest BCUT2D eigenvalue weighted by Gasteiger charge is -2.41. The van der Waals surface area contributed by atoms with Gasteiger partial charge >= 0.3 is 5.97 Å². The first-order valence-electron chi connectivity index (χ1n) is 33.9. The van der Waals surface area contributed by atoms with E-state index in [4.69, 9.17) is 14.2 Å². The van der Waals surface area contributed by atoms with Crippen molar-refractivity contribution < 1.29 is 49.3 Å². The van der Waals surface area contributed by atoms with Gasteiger partial charge in [0.2, 0.25) is 5.91 Å². The number of unbranched alkanes of at least 4 members (excludes halogenated alkanes) is 31. The van der Waals surface area contributed by atoms with Crippen molar-refractivity contribution in [3.05, 3.63) is 85.1 Å². The summed E-state index contributed by atoms with van der Waals surface area (Å²) in [5, 5.41) is 57.1. The lowest BCUT2D eigenvalue weighted by atomic mass is 9.99. The van der Waals surface area contributed by atoms with Crippen molar-refractivity contribution in [2.24, 2.45) is 0 Å². The second-order valence-electron chi connectivity index (χ2n) is 23.2. The van der Waals surface area contributed by atoms with E-state index >= 15 is 0 Å². The van der Waals surface area contributed by atoms with Crippen LogP contribution in [0.3, 0.4) is 0 Å². The molecule has 1 rings (SSSR count). The number of ether oxygens (including phenoxy) is 3. The van der Waals surface area contributed by atoms with Gasteiger partial charge in [0, 0.05) is 6.42 Å². The van der Waals surface area contributed by atoms with Crippen LogP contribution in [0.1, 0.15) is 290 Å². The Morgan fingerprint density at radius 2 is 0.878 bits per heavy atom. The largest absolute Gasteiger partial charge is 0.454 e. The average molecular weight is 1150 g/mol. The Morgan fingerprint density at radius 1 is 0.488 bits per heavy atom. The molecule has 1 saturated heterocycles. The van der Waals surface area contributed by atoms with Gasteiger partial charge in [-0.2, -0.15) is 0 Å². The number of nitrogens with one attached hydrogen (secondary N) is 1. The summed E-state index contributed by atoms with van der Waals surface area (Å²) < 4.78 is 17.7. The Labute approximate surface area is 502 Å². The van der Waals surface area contributed by atoms with E-state index in [0.29, 0.717) is 12.8 Å². The first kappa shape index (κ1) is 76.9. The molecule has 0 saturated carbocycles. The summed E-state index contributed by atoms with van der Waals surface area (Å²) in [6.45, 7) is 5.68. The average Bonchev–Trinajstić information content (AvgIpc) is 3.68. The number of amides is 1. The molecule has 1 amide bonds. The van der Waals surface area contributed by atoms with Crippen LogP contribution in [0.25, 0.3) is 0 Å². The third-order valence-corrected chi connectivity index (χ3v) is 15.5. The maximum atomic E-state index is 13.5. The van der Waals surface area contributed by atoms with E-state index in [-0.39, 0.29) is 19.4 Å². The highest BCUT2D eigenvalue weighted by molar-refractivity contribution is 5.80. The van der Waals surface area contributed by atoms with Crippen LogP contribution >= 0.6 is 0 Å². The molecular weight excluding hydrogens is 1030 g/mol. The van der Waals surface area contributed by atoms with Gasteiger partial charge in [0.15, 0.2) is 12.4 Å². The van der Waals surface area contributed by atoms with Crippen LogP contribution in [0.5, 0.6) is 0 Å². The van der Waals surface area contributed by atoms with E-state index in [9.17, 15) is 35.1 Å². The Morgan fingerprint density at radius 3 is 1.33 bits per heavy atom. The number of carbonyl (C=O) groups is 2. The number of esters is 1. The van der Waals surface area contributed by atoms with Crippen LogP contribution in [-0.2, 0) is 23.8 Å². The van der Waals surface area contributed by atoms with Crippen molar-refractivity contribution in [2.75, 3.05) is 13.2 Å². The van der Waals surface area contributed by atoms with Crippen LogP contribution in [0.15, 0.2) is 85.1 Å². The normalized spacial score (nSPS) is 19.1. The number of aliphatic hydroxyl groups excluding tert-OH is 5. The smallest absolute Gasteiger partial charge is 0.306 e. The minimum Gasteiger partial charge on any atom is -0.454 e. The number of hydrogen-bond acceptors (Lipinski definition) is 10. The monoisotopic (exact) mass is 1150 g/mol. The summed E-state index contributed by atoms with van der Waals surface area (Å²) >= 11 is 0. The van der Waals surface area contributed by atoms with Gasteiger partial charge in [-0.15, -0.1) is 0 Å². The highest BCUT2D eigenvalue weighted by Gasteiger charge is 2.47. The Balaban J connectivity index is 2.62. The molecule has 8 atom stereocenters. The molecular formula is C71H125NO10. The third kappa shape index (κ3) is 45.2. The molecule has 0 aromatic heterocycles. The molecule has 6 N–H and O–H groups in total. The zero-order valence-corrected chi connectivity index (χ0v) is 52.6. The predicted molar refractivity (Wildman–Crippen MR) is 342 cm³/mol. The topological polar surface area (TPSA) is 175 Å². The first-order chi connectivity index (χ1) is 40.2. The molecule has 11 heteroatoms. The number of carbonyl (C=O) groups excluding carboxylic acids is 2. The van der Waals surface area contributed by atoms with Crippen LogP contribution < -0.4 is 5.32 Å². The van der Waals surface area contributed by atoms with Crippen molar-refractivity contribution in [3.8, 4) is 0 Å². The molecule has 0 radical (unpaired) electrons. The van der Waals surface area contributed by atoms with Gasteiger partial charge in [0.05, 0.1) is 25.4 Å². The van der Waals surface area contributed by atoms with Crippen molar-refractivity contribution in [2.45, 2.75) is 339 Å². The highest BCUT2D eigenvalue weighted by atomic mass is 16.7. The molecule has 82 heavy (non-hydrogen) atoms. The molecule has 0 aromatic rings. The van der Waals surface area contributed by atoms with Crippen LogP contribution in [0, 0.1) is 0 Å². The SMILES string of the molecule is CC/C=C\C/C=C\C/C=C\C/C=C\C/C=C\CCCCCCCCCCC(O)C(=O)NC(COC1OC(CO)C(O)C(O)C1OC(=O)CCCCCCCCC/C=C/CCCCCCCC)C(O)/C=C/CCCCCCCCCCCC. The molecule has 0 bridgehead atoms. The predicted octanol–water partition coefficient (Wildman–Crippen LogP) is 16.9. The fourth-order valence-corrected chi connectivity index (χ4v) is 10.2. The van der Waals surface area contributed by atoms with E-state index in [1.165, 1.54) is 135 Å². The minimum absolute atomic E-state index is 0.116. The third-order valence-electron chi connectivity index (χ3n) is 15.5. The molecule has 474 valence electrons. The van der Waals surface area contributed by atoms with Crippen molar-refractivity contribution in [3.63, 3.8) is 0 Å². The second-order valence-corrected chi connectivity index (χ2v) is 23.2. The molecule has 1 heterocycles. The zero-order valence-electron chi connectivity index (χ0n) is 52.6. The van der Waals surface area contributed by atoms with Crippen LogP contribution in [-0.4, -0.2) is 99.6 Å². The highest BCUT2D eigenvalue weighted by Crippen LogP contribution is 2.26. The summed E-state index contributed by atoms with van der Waals surface area (Å²) in [7, 11) is 0. The maximum Gasteiger partial charge on any atom is 0.306 e. The van der Waals surface area contributed by atoms with E-state index in [0.717, 1.165) is 109 Å². The maximum absolute atomic E-state index is 13.5. The quantitative estimate of drug-likeness (QED) is 0.0195. The summed E-state index contributed by atoms with van der Waals surface area (Å²) in [4.78, 5) is 26.6. The Bertz CT molecular complexity index is 1660. The fourth-order valence-electron chi connectivity index (χ4n) is 10.2. The van der Waals surface area contributed by atoms with Gasteiger partial charge in [-0.05, 0) is 96.3 Å². The van der Waals surface area contributed by atoms with E-state index in [1.807, 2.05) is 6.08 Å². The van der Waals surface area contributed by atoms with Gasteiger partial charge in [0.1, 0.15) is 24.4 Å². The van der Waals surface area contributed by atoms with Crippen LogP contribution in [0.2, 0.25) is 0 Å². The van der Waals surface area contributed by atoms with E-state index in [1.54, 1.807) is 6.08 Å². The van der Waals surface area contributed by atoms with E-state index < -0.39 is 67.4 Å². The second kappa shape index (κ2) is 58.2. The molecule has 1 aliphatic rings. The van der Waals surface area contributed by atoms with Crippen molar-refractivity contribution in [1.29, 1.82) is 0 Å². The number of allylic oxidation sites excluding steroid dienone is 13. The van der Waals surface area contributed by atoms with Gasteiger partial charge in [0.25, 0.3) is 0 Å². The molecule has 0 aliphatic carbocycles. The molecule has 0 aromatic carbocycles. The summed E-state index contributed by atoms with van der Waals surface area (Å²) in [6, 6.07) is -1.03. The Kier molecular flexibility index (Phi) is 54.6. The lowest BCUT2D eigenvalue weighted by molar-refractivity contribution is -0.305. The number of hydrogen-bond donors (Lipinski definition) is 6. The van der Waals surface area contributed by atoms with Crippen LogP contribution in [0.4, 0.5) is 0 Å². The lowest BCUT2D eigenvalue weighted by Crippen LogP contribution is -2.61. The number of aliphatic hydroxyl groups is 5. The standard InChI is InChI=1S/C71H125NO10/c1-4-7-10-13-16-19-22-25-27-29-30-31-32-33-34-35-37-38-40-43-46-49-52-55-58-64(75)70(79)72-62(63(74)57-54-51-48-45-42-24-21-18-15-12-9-6-3)61-80-71-69(68(78)67(77)65(60-73)81-71)82-66(76)59-56-53-50-47-44-41-39-36-28-26-23-20-17-14-11-8-5-2/h7,10,16,19,25-28,30-31,33-34,54,57,62-65,67-69,71,73-75,77-78H,4-6,8-9,11-15,17-18,20-24,29,32,35-53,55-56,58-61H2,1-3H3,(H,72,79)/b10-7-,19-16-,27-25-,28-26+,31-30-,34-33-,57-54+. The Hall–Kier alpha value is -3.16. The molecule has 1 aliphatic heterocycles. The number of rotatable bonds is 57. The molecule has 8 unspecified atom stereocenters. The van der Waals surface area contributed by atoms with Gasteiger partial charge in [-0.25, -0.2) is 0 Å². The fraction of sp³-hybridized carbons (Fsp3) is 0.775. The molecule has 1 fully saturated rings. The minimum atomic E-state index is -1.62. The summed E-state index contributed by atoms with van der Waals surface area (Å²) in [6.07, 6.45) is 66.1. The molecule has 11 nitrogen and oxygen atoms in total. The van der Waals surface area contributed by atoms with Gasteiger partial charge in [-0.1, -0.05) is 273 Å². The van der Waals surface area contributed by atoms with Crippen molar-refractivity contribution in [1.82, 2.24) is 5.32 Å². The van der Waals surface area contributed by atoms with Crippen molar-refractivity contribution >= 4 is 11.9 Å². The summed E-state index contributed by atoms with van der Waals surface area (Å²) in [5.41, 5.74) is 0. The molecule has 0 spiro atoms. The van der Waals surface area contributed by atoms with E-state index in [2.05, 4.69) is 99.0 Å². The van der Waals surface area contributed by atoms with Gasteiger partial charge in [-0.3, -0.25) is 9.59 Å². The summed E-state index contributed by atoms with van der Waals surface area (Å²) in [5.74, 6) is -1.20.